The molecule has 3 heterocycles. The molecule has 0 radical (unpaired) electrons. The van der Waals surface area contributed by atoms with Crippen molar-refractivity contribution in [3.8, 4) is 33.8 Å². The fourth-order valence-corrected chi connectivity index (χ4v) is 4.62. The van der Waals surface area contributed by atoms with Crippen LogP contribution in [0.3, 0.4) is 0 Å². The Morgan fingerprint density at radius 3 is 2.63 bits per heavy atom. The van der Waals surface area contributed by atoms with E-state index < -0.39 is 0 Å². The summed E-state index contributed by atoms with van der Waals surface area (Å²) in [5.74, 6) is 0.538. The molecule has 2 aromatic heterocycles. The lowest BCUT2D eigenvalue weighted by molar-refractivity contribution is 0.0612. The number of benzene rings is 2. The highest BCUT2D eigenvalue weighted by atomic mass is 16.5. The number of nitrogens with zero attached hydrogens (tertiary/aromatic N) is 3. The van der Waals surface area contributed by atoms with Gasteiger partial charge in [-0.1, -0.05) is 24.3 Å². The molecule has 8 nitrogen and oxygen atoms in total. The largest absolute Gasteiger partial charge is 0.507 e. The second kappa shape index (κ2) is 9.77. The average Bonchev–Trinajstić information content (AvgIpc) is 3.32. The first-order valence-corrected chi connectivity index (χ1v) is 11.7. The van der Waals surface area contributed by atoms with Crippen molar-refractivity contribution < 1.29 is 19.7 Å². The van der Waals surface area contributed by atoms with Crippen LogP contribution in [0.25, 0.3) is 33.3 Å². The van der Waals surface area contributed by atoms with Gasteiger partial charge in [-0.25, -0.2) is 4.98 Å². The highest BCUT2D eigenvalue weighted by molar-refractivity contribution is 6.00. The fraction of sp³-hybridized carbons (Fsp3) is 0.259. The van der Waals surface area contributed by atoms with Gasteiger partial charge in [-0.05, 0) is 29.8 Å². The van der Waals surface area contributed by atoms with Crippen LogP contribution in [-0.2, 0) is 0 Å². The van der Waals surface area contributed by atoms with Crippen molar-refractivity contribution in [2.24, 2.45) is 0 Å². The topological polar surface area (TPSA) is 102 Å². The lowest BCUT2D eigenvalue weighted by Crippen LogP contribution is -2.49. The number of nitrogens with one attached hydrogen (secondary N) is 1. The summed E-state index contributed by atoms with van der Waals surface area (Å²) >= 11 is 0. The van der Waals surface area contributed by atoms with Gasteiger partial charge in [0.25, 0.3) is 5.91 Å². The number of H-pyrrole nitrogens is 1. The number of aromatic amines is 1. The minimum atomic E-state index is -0.196. The fourth-order valence-electron chi connectivity index (χ4n) is 4.62. The van der Waals surface area contributed by atoms with E-state index in [0.717, 1.165) is 39.0 Å². The first-order valence-electron chi connectivity index (χ1n) is 11.7. The third kappa shape index (κ3) is 4.45. The Morgan fingerprint density at radius 2 is 1.86 bits per heavy atom. The van der Waals surface area contributed by atoms with Crippen molar-refractivity contribution in [3.63, 3.8) is 0 Å². The number of aliphatic hydroxyl groups is 1. The van der Waals surface area contributed by atoms with Crippen molar-refractivity contribution in [3.05, 3.63) is 66.5 Å². The lowest BCUT2D eigenvalue weighted by Gasteiger charge is -2.34. The highest BCUT2D eigenvalue weighted by Crippen LogP contribution is 2.36. The Balaban J connectivity index is 1.47. The zero-order valence-corrected chi connectivity index (χ0v) is 19.6. The molecule has 0 atom stereocenters. The summed E-state index contributed by atoms with van der Waals surface area (Å²) in [6.45, 7) is 3.23. The molecular formula is C27H28N4O4. The second-order valence-electron chi connectivity index (χ2n) is 8.61. The van der Waals surface area contributed by atoms with Gasteiger partial charge in [-0.15, -0.1) is 0 Å². The number of amides is 1. The minimum Gasteiger partial charge on any atom is -0.507 e. The molecule has 3 N–H and O–H groups in total. The Hall–Kier alpha value is -3.88. The van der Waals surface area contributed by atoms with E-state index in [1.165, 1.54) is 0 Å². The van der Waals surface area contributed by atoms with Gasteiger partial charge in [0.15, 0.2) is 0 Å². The van der Waals surface area contributed by atoms with E-state index in [9.17, 15) is 9.90 Å². The van der Waals surface area contributed by atoms with Crippen LogP contribution in [0.5, 0.6) is 11.5 Å². The monoisotopic (exact) mass is 472 g/mol. The first-order chi connectivity index (χ1) is 17.1. The molecule has 1 saturated heterocycles. The van der Waals surface area contributed by atoms with Gasteiger partial charge in [0.1, 0.15) is 17.1 Å². The van der Waals surface area contributed by atoms with Crippen LogP contribution >= 0.6 is 0 Å². The maximum Gasteiger partial charge on any atom is 0.257 e. The van der Waals surface area contributed by atoms with Crippen LogP contribution in [0.2, 0.25) is 0 Å². The van der Waals surface area contributed by atoms with Gasteiger partial charge in [0.05, 0.1) is 19.3 Å². The number of phenolic OH excluding ortho intramolecular Hbond substituents is 1. The van der Waals surface area contributed by atoms with Crippen LogP contribution in [0.1, 0.15) is 10.4 Å². The van der Waals surface area contributed by atoms with Crippen molar-refractivity contribution in [1.82, 2.24) is 19.8 Å². The molecule has 4 aromatic rings. The van der Waals surface area contributed by atoms with Crippen LogP contribution in [0, 0.1) is 0 Å². The number of carbonyl (C=O) groups excluding carboxylic acids is 1. The lowest BCUT2D eigenvalue weighted by atomic mass is 9.99. The zero-order valence-electron chi connectivity index (χ0n) is 19.6. The summed E-state index contributed by atoms with van der Waals surface area (Å²) in [6.07, 6.45) is 3.68. The van der Waals surface area contributed by atoms with Crippen molar-refractivity contribution >= 4 is 16.9 Å². The molecule has 0 unspecified atom stereocenters. The number of rotatable bonds is 6. The van der Waals surface area contributed by atoms with Crippen LogP contribution < -0.4 is 4.74 Å². The highest BCUT2D eigenvalue weighted by Gasteiger charge is 2.24. The van der Waals surface area contributed by atoms with Crippen molar-refractivity contribution in [1.29, 1.82) is 0 Å². The average molecular weight is 473 g/mol. The van der Waals surface area contributed by atoms with E-state index in [0.29, 0.717) is 32.7 Å². The van der Waals surface area contributed by atoms with Crippen molar-refractivity contribution in [2.45, 2.75) is 0 Å². The Bertz CT molecular complexity index is 1360. The number of pyridine rings is 1. The molecule has 180 valence electrons. The summed E-state index contributed by atoms with van der Waals surface area (Å²) in [6, 6.07) is 15.0. The predicted octanol–water partition coefficient (Wildman–Crippen LogP) is 3.36. The number of β-amino-alcohol motifs (C(OH)–C–C–N with tert-alkyl or cyclic N) is 1. The summed E-state index contributed by atoms with van der Waals surface area (Å²) in [5, 5.41) is 20.6. The molecule has 1 amide bonds. The smallest absolute Gasteiger partial charge is 0.257 e. The number of fused-ring (bicyclic) bond motifs is 1. The van der Waals surface area contributed by atoms with E-state index >= 15 is 0 Å². The van der Waals surface area contributed by atoms with Crippen LogP contribution in [0.4, 0.5) is 0 Å². The molecule has 0 bridgehead atoms. The number of aliphatic hydroxyl groups excluding tert-OH is 1. The molecule has 0 spiro atoms. The Labute approximate surface area is 203 Å². The Kier molecular flexibility index (Phi) is 6.39. The van der Waals surface area contributed by atoms with E-state index in [1.807, 2.05) is 36.5 Å². The van der Waals surface area contributed by atoms with Crippen molar-refractivity contribution in [2.75, 3.05) is 46.4 Å². The number of piperazine rings is 1. The molecule has 1 aliphatic rings. The molecule has 2 aromatic carbocycles. The van der Waals surface area contributed by atoms with E-state index in [2.05, 4.69) is 14.9 Å². The van der Waals surface area contributed by atoms with Crippen LogP contribution in [-0.4, -0.2) is 82.3 Å². The standard InChI is InChI=1S/C27H28N4O4/c1-35-25-5-3-2-4-20(25)23-17-29-26-21(23)15-19(16-28-26)18-6-7-24(33)22(14-18)27(34)31-10-8-30(9-11-31)12-13-32/h2-7,14-17,32-33H,8-13H2,1H3,(H,28,29). The maximum absolute atomic E-state index is 13.2. The third-order valence-electron chi connectivity index (χ3n) is 6.56. The number of carbonyl (C=O) groups is 1. The summed E-state index contributed by atoms with van der Waals surface area (Å²) in [7, 11) is 1.65. The van der Waals surface area contributed by atoms with Crippen LogP contribution in [0.15, 0.2) is 60.9 Å². The summed E-state index contributed by atoms with van der Waals surface area (Å²) in [5.41, 5.74) is 4.61. The molecule has 0 saturated carbocycles. The maximum atomic E-state index is 13.2. The summed E-state index contributed by atoms with van der Waals surface area (Å²) in [4.78, 5) is 24.9. The van der Waals surface area contributed by atoms with Gasteiger partial charge in [0.2, 0.25) is 0 Å². The van der Waals surface area contributed by atoms with Gasteiger partial charge in [-0.3, -0.25) is 9.69 Å². The quantitative estimate of drug-likeness (QED) is 0.398. The normalized spacial score (nSPS) is 14.4. The number of phenols is 1. The minimum absolute atomic E-state index is 0.0399. The summed E-state index contributed by atoms with van der Waals surface area (Å²) < 4.78 is 5.55. The number of hydrogen-bond donors (Lipinski definition) is 3. The van der Waals surface area contributed by atoms with E-state index in [1.54, 1.807) is 36.4 Å². The number of para-hydroxylation sites is 1. The Morgan fingerprint density at radius 1 is 1.06 bits per heavy atom. The molecule has 35 heavy (non-hydrogen) atoms. The molecule has 8 heteroatoms. The number of aromatic nitrogens is 2. The molecule has 1 aliphatic heterocycles. The molecule has 5 rings (SSSR count). The van der Waals surface area contributed by atoms with E-state index in [-0.39, 0.29) is 23.8 Å². The molecular weight excluding hydrogens is 444 g/mol. The first kappa shape index (κ1) is 22.9. The van der Waals surface area contributed by atoms with Gasteiger partial charge >= 0.3 is 0 Å². The molecule has 0 aliphatic carbocycles. The number of ether oxygens (including phenoxy) is 1. The zero-order chi connectivity index (χ0) is 24.4. The molecule has 1 fully saturated rings. The number of aromatic hydroxyl groups is 1. The SMILES string of the molecule is COc1ccccc1-c1c[nH]c2ncc(-c3ccc(O)c(C(=O)N4CCN(CCO)CC4)c3)cc12. The van der Waals surface area contributed by atoms with E-state index in [4.69, 9.17) is 9.84 Å². The van der Waals surface area contributed by atoms with Gasteiger partial charge in [-0.2, -0.15) is 0 Å². The predicted molar refractivity (Wildman–Crippen MR) is 135 cm³/mol. The van der Waals surface area contributed by atoms with Gasteiger partial charge in [0, 0.05) is 67.2 Å². The number of hydrogen-bond acceptors (Lipinski definition) is 6. The number of methoxy groups -OCH3 is 1. The van der Waals surface area contributed by atoms with Gasteiger partial charge < -0.3 is 24.8 Å². The third-order valence-corrected chi connectivity index (χ3v) is 6.56. The second-order valence-corrected chi connectivity index (χ2v) is 8.61.